The number of nitrogens with zero attached hydrogens (tertiary/aromatic N) is 2. The van der Waals surface area contributed by atoms with Crippen LogP contribution in [0.1, 0.15) is 26.7 Å². The zero-order chi connectivity index (χ0) is 13.8. The van der Waals surface area contributed by atoms with Crippen molar-refractivity contribution < 1.29 is 4.79 Å². The maximum absolute atomic E-state index is 11.8. The number of nitrogens with one attached hydrogen (secondary N) is 1. The molecule has 0 aliphatic carbocycles. The Morgan fingerprint density at radius 1 is 1.50 bits per heavy atom. The first-order valence-corrected chi connectivity index (χ1v) is 6.00. The lowest BCUT2D eigenvalue weighted by molar-refractivity contribution is -0.116. The Morgan fingerprint density at radius 3 is 2.72 bits per heavy atom. The molecule has 5 heteroatoms. The smallest absolute Gasteiger partial charge is 0.224 e. The maximum atomic E-state index is 11.8. The molecular formula is C13H22N4O. The zero-order valence-corrected chi connectivity index (χ0v) is 11.5. The summed E-state index contributed by atoms with van der Waals surface area (Å²) in [7, 11) is 3.85. The second-order valence-electron chi connectivity index (χ2n) is 5.32. The van der Waals surface area contributed by atoms with Gasteiger partial charge in [-0.3, -0.25) is 9.78 Å². The van der Waals surface area contributed by atoms with E-state index >= 15 is 0 Å². The van der Waals surface area contributed by atoms with E-state index < -0.39 is 0 Å². The number of amides is 1. The highest BCUT2D eigenvalue weighted by Crippen LogP contribution is 2.22. The first kappa shape index (κ1) is 14.4. The van der Waals surface area contributed by atoms with Crippen molar-refractivity contribution in [3.8, 4) is 0 Å². The summed E-state index contributed by atoms with van der Waals surface area (Å²) in [5, 5.41) is 2.87. The van der Waals surface area contributed by atoms with E-state index in [1.54, 1.807) is 12.4 Å². The minimum atomic E-state index is -0.323. The minimum absolute atomic E-state index is 0.0374. The van der Waals surface area contributed by atoms with Gasteiger partial charge in [0.1, 0.15) is 0 Å². The van der Waals surface area contributed by atoms with Crippen LogP contribution in [0, 0.1) is 0 Å². The number of rotatable bonds is 5. The van der Waals surface area contributed by atoms with Crippen molar-refractivity contribution in [3.63, 3.8) is 0 Å². The van der Waals surface area contributed by atoms with Gasteiger partial charge in [-0.05, 0) is 26.3 Å². The Labute approximate surface area is 108 Å². The highest BCUT2D eigenvalue weighted by Gasteiger charge is 2.14. The van der Waals surface area contributed by atoms with E-state index in [0.29, 0.717) is 12.8 Å². The molecule has 0 atom stereocenters. The van der Waals surface area contributed by atoms with Crippen LogP contribution in [-0.4, -0.2) is 30.5 Å². The van der Waals surface area contributed by atoms with E-state index in [1.807, 2.05) is 38.9 Å². The van der Waals surface area contributed by atoms with Crippen LogP contribution in [0.2, 0.25) is 0 Å². The van der Waals surface area contributed by atoms with Gasteiger partial charge in [-0.15, -0.1) is 0 Å². The van der Waals surface area contributed by atoms with Gasteiger partial charge in [0, 0.05) is 32.3 Å². The minimum Gasteiger partial charge on any atom is -0.376 e. The second-order valence-corrected chi connectivity index (χ2v) is 5.32. The predicted octanol–water partition coefficient (Wildman–Crippen LogP) is 1.60. The lowest BCUT2D eigenvalue weighted by Gasteiger charge is -2.19. The van der Waals surface area contributed by atoms with E-state index in [4.69, 9.17) is 5.73 Å². The summed E-state index contributed by atoms with van der Waals surface area (Å²) in [6, 6.07) is 1.86. The summed E-state index contributed by atoms with van der Waals surface area (Å²) in [6.07, 6.45) is 4.41. The predicted molar refractivity (Wildman–Crippen MR) is 74.7 cm³/mol. The highest BCUT2D eigenvalue weighted by molar-refractivity contribution is 5.94. The number of aromatic nitrogens is 1. The molecular weight excluding hydrogens is 228 g/mol. The number of anilines is 2. The molecule has 1 heterocycles. The molecule has 1 amide bonds. The quantitative estimate of drug-likeness (QED) is 0.832. The van der Waals surface area contributed by atoms with E-state index in [-0.39, 0.29) is 11.4 Å². The fraction of sp³-hybridized carbons (Fsp3) is 0.538. The van der Waals surface area contributed by atoms with Crippen molar-refractivity contribution in [2.45, 2.75) is 32.2 Å². The lowest BCUT2D eigenvalue weighted by atomic mass is 10.00. The summed E-state index contributed by atoms with van der Waals surface area (Å²) in [6.45, 7) is 3.82. The van der Waals surface area contributed by atoms with Gasteiger partial charge in [0.05, 0.1) is 17.6 Å². The van der Waals surface area contributed by atoms with Crippen LogP contribution in [0.4, 0.5) is 11.4 Å². The van der Waals surface area contributed by atoms with Crippen LogP contribution in [0.25, 0.3) is 0 Å². The van der Waals surface area contributed by atoms with Crippen molar-refractivity contribution in [1.82, 2.24) is 4.98 Å². The molecule has 0 saturated heterocycles. The van der Waals surface area contributed by atoms with E-state index in [0.717, 1.165) is 11.4 Å². The maximum Gasteiger partial charge on any atom is 0.224 e. The molecule has 0 spiro atoms. The van der Waals surface area contributed by atoms with Crippen molar-refractivity contribution in [2.75, 3.05) is 24.3 Å². The van der Waals surface area contributed by atoms with Crippen LogP contribution in [0.3, 0.4) is 0 Å². The van der Waals surface area contributed by atoms with Crippen LogP contribution < -0.4 is 16.0 Å². The summed E-state index contributed by atoms with van der Waals surface area (Å²) in [5.74, 6) is -0.0374. The first-order valence-electron chi connectivity index (χ1n) is 6.00. The van der Waals surface area contributed by atoms with Gasteiger partial charge in [-0.1, -0.05) is 0 Å². The fourth-order valence-corrected chi connectivity index (χ4v) is 1.52. The SMILES string of the molecule is CN(C)c1ccncc1NC(=O)CCC(C)(C)N. The number of hydrogen-bond donors (Lipinski definition) is 2. The molecule has 3 N–H and O–H groups in total. The largest absolute Gasteiger partial charge is 0.376 e. The Balaban J connectivity index is 2.65. The van der Waals surface area contributed by atoms with Crippen molar-refractivity contribution in [2.24, 2.45) is 5.73 Å². The van der Waals surface area contributed by atoms with Gasteiger partial charge in [-0.25, -0.2) is 0 Å². The first-order chi connectivity index (χ1) is 8.29. The van der Waals surface area contributed by atoms with Crippen molar-refractivity contribution in [3.05, 3.63) is 18.5 Å². The third kappa shape index (κ3) is 4.71. The topological polar surface area (TPSA) is 71.2 Å². The van der Waals surface area contributed by atoms with Gasteiger partial charge < -0.3 is 16.0 Å². The van der Waals surface area contributed by atoms with Gasteiger partial charge in [0.15, 0.2) is 0 Å². The Kier molecular flexibility index (Phi) is 4.67. The Morgan fingerprint density at radius 2 is 2.17 bits per heavy atom. The molecule has 5 nitrogen and oxygen atoms in total. The molecule has 0 fully saturated rings. The summed E-state index contributed by atoms with van der Waals surface area (Å²) < 4.78 is 0. The van der Waals surface area contributed by atoms with Crippen LogP contribution in [0.15, 0.2) is 18.5 Å². The van der Waals surface area contributed by atoms with E-state index in [9.17, 15) is 4.79 Å². The fourth-order valence-electron chi connectivity index (χ4n) is 1.52. The van der Waals surface area contributed by atoms with Crippen LogP contribution in [0.5, 0.6) is 0 Å². The Hall–Kier alpha value is -1.62. The molecule has 0 aliphatic heterocycles. The summed E-state index contributed by atoms with van der Waals surface area (Å²) >= 11 is 0. The van der Waals surface area contributed by atoms with E-state index in [2.05, 4.69) is 10.3 Å². The number of carbonyl (C=O) groups is 1. The molecule has 18 heavy (non-hydrogen) atoms. The van der Waals surface area contributed by atoms with Crippen LogP contribution in [-0.2, 0) is 4.79 Å². The van der Waals surface area contributed by atoms with Crippen molar-refractivity contribution in [1.29, 1.82) is 0 Å². The monoisotopic (exact) mass is 250 g/mol. The summed E-state index contributed by atoms with van der Waals surface area (Å²) in [4.78, 5) is 17.8. The van der Waals surface area contributed by atoms with Crippen molar-refractivity contribution >= 4 is 17.3 Å². The molecule has 1 rings (SSSR count). The molecule has 0 radical (unpaired) electrons. The normalized spacial score (nSPS) is 11.2. The highest BCUT2D eigenvalue weighted by atomic mass is 16.1. The number of hydrogen-bond acceptors (Lipinski definition) is 4. The number of carbonyl (C=O) groups excluding carboxylic acids is 1. The Bertz CT molecular complexity index is 410. The van der Waals surface area contributed by atoms with Gasteiger partial charge in [0.25, 0.3) is 0 Å². The summed E-state index contributed by atoms with van der Waals surface area (Å²) in [5.41, 5.74) is 7.19. The number of nitrogens with two attached hydrogens (primary N) is 1. The molecule has 0 bridgehead atoms. The molecule has 0 saturated carbocycles. The molecule has 1 aromatic rings. The third-order valence-electron chi connectivity index (χ3n) is 2.55. The molecule has 0 aromatic carbocycles. The average Bonchev–Trinajstić information content (AvgIpc) is 2.26. The second kappa shape index (κ2) is 5.82. The number of pyridine rings is 1. The standard InChI is InChI=1S/C13H22N4O/c1-13(2,14)7-5-12(18)16-10-9-15-8-6-11(10)17(3)4/h6,8-9H,5,7,14H2,1-4H3,(H,16,18). The lowest BCUT2D eigenvalue weighted by Crippen LogP contribution is -2.33. The average molecular weight is 250 g/mol. The van der Waals surface area contributed by atoms with Gasteiger partial charge in [-0.2, -0.15) is 0 Å². The third-order valence-corrected chi connectivity index (χ3v) is 2.55. The molecule has 100 valence electrons. The van der Waals surface area contributed by atoms with Gasteiger partial charge in [0.2, 0.25) is 5.91 Å². The van der Waals surface area contributed by atoms with Gasteiger partial charge >= 0.3 is 0 Å². The van der Waals surface area contributed by atoms with Crippen LogP contribution >= 0.6 is 0 Å². The molecule has 0 unspecified atom stereocenters. The molecule has 1 aromatic heterocycles. The van der Waals surface area contributed by atoms with E-state index in [1.165, 1.54) is 0 Å². The molecule has 0 aliphatic rings. The zero-order valence-electron chi connectivity index (χ0n) is 11.5.